The fourth-order valence-corrected chi connectivity index (χ4v) is 2.35. The molecule has 0 saturated carbocycles. The highest BCUT2D eigenvalue weighted by molar-refractivity contribution is 5.94. The molecule has 0 fully saturated rings. The van der Waals surface area contributed by atoms with Gasteiger partial charge in [-0.05, 0) is 31.2 Å². The summed E-state index contributed by atoms with van der Waals surface area (Å²) in [5, 5.41) is 3.80. The molecule has 0 spiro atoms. The van der Waals surface area contributed by atoms with Gasteiger partial charge in [-0.15, -0.1) is 0 Å². The lowest BCUT2D eigenvalue weighted by Crippen LogP contribution is -2.05. The molecule has 0 atom stereocenters. The van der Waals surface area contributed by atoms with Crippen molar-refractivity contribution >= 4 is 22.5 Å². The van der Waals surface area contributed by atoms with Crippen molar-refractivity contribution < 1.29 is 4.79 Å². The van der Waals surface area contributed by atoms with Crippen molar-refractivity contribution in [3.63, 3.8) is 0 Å². The van der Waals surface area contributed by atoms with Gasteiger partial charge in [0, 0.05) is 23.6 Å². The van der Waals surface area contributed by atoms with Crippen LogP contribution in [0.3, 0.4) is 0 Å². The smallest absolute Gasteiger partial charge is 0.221 e. The van der Waals surface area contributed by atoms with Gasteiger partial charge < -0.3 is 5.32 Å². The molecule has 0 aliphatic heterocycles. The van der Waals surface area contributed by atoms with Crippen molar-refractivity contribution in [2.75, 3.05) is 5.32 Å². The van der Waals surface area contributed by atoms with Gasteiger partial charge in [0.25, 0.3) is 0 Å². The second kappa shape index (κ2) is 5.32. The number of aryl methyl sites for hydroxylation is 1. The number of aromatic nitrogens is 2. The molecule has 1 heterocycles. The molecular weight excluding hydrogens is 262 g/mol. The van der Waals surface area contributed by atoms with Crippen molar-refractivity contribution in [2.24, 2.45) is 0 Å². The number of benzene rings is 2. The summed E-state index contributed by atoms with van der Waals surface area (Å²) in [5.41, 5.74) is 4.67. The molecule has 0 radical (unpaired) electrons. The van der Waals surface area contributed by atoms with Crippen LogP contribution < -0.4 is 5.32 Å². The van der Waals surface area contributed by atoms with Crippen LogP contribution in [0.5, 0.6) is 0 Å². The summed E-state index contributed by atoms with van der Waals surface area (Å²) in [6.07, 6.45) is 1.57. The van der Waals surface area contributed by atoms with Crippen molar-refractivity contribution in [3.8, 4) is 11.3 Å². The van der Waals surface area contributed by atoms with Crippen LogP contribution in [0.1, 0.15) is 12.5 Å². The summed E-state index contributed by atoms with van der Waals surface area (Å²) in [7, 11) is 0. The summed E-state index contributed by atoms with van der Waals surface area (Å²) in [6, 6.07) is 13.8. The molecule has 0 bridgehead atoms. The molecular formula is C17H15N3O. The van der Waals surface area contributed by atoms with Crippen molar-refractivity contribution in [1.82, 2.24) is 9.97 Å². The number of hydrogen-bond donors (Lipinski definition) is 1. The maximum absolute atomic E-state index is 11.2. The van der Waals surface area contributed by atoms with E-state index in [-0.39, 0.29) is 5.91 Å². The minimum Gasteiger partial charge on any atom is -0.326 e. The second-order valence-electron chi connectivity index (χ2n) is 5.00. The van der Waals surface area contributed by atoms with E-state index in [2.05, 4.69) is 21.4 Å². The molecule has 21 heavy (non-hydrogen) atoms. The van der Waals surface area contributed by atoms with Crippen LogP contribution in [0.4, 0.5) is 5.69 Å². The number of fused-ring (bicyclic) bond motifs is 1. The Morgan fingerprint density at radius 2 is 1.95 bits per heavy atom. The molecule has 0 aliphatic rings. The van der Waals surface area contributed by atoms with E-state index < -0.39 is 0 Å². The van der Waals surface area contributed by atoms with E-state index in [9.17, 15) is 4.79 Å². The average molecular weight is 277 g/mol. The van der Waals surface area contributed by atoms with Crippen molar-refractivity contribution in [3.05, 3.63) is 54.4 Å². The summed E-state index contributed by atoms with van der Waals surface area (Å²) in [4.78, 5) is 19.9. The van der Waals surface area contributed by atoms with Crippen molar-refractivity contribution in [1.29, 1.82) is 0 Å². The molecule has 2 aromatic carbocycles. The highest BCUT2D eigenvalue weighted by Crippen LogP contribution is 2.27. The number of nitrogens with one attached hydrogen (secondary N) is 1. The zero-order chi connectivity index (χ0) is 14.8. The topological polar surface area (TPSA) is 54.9 Å². The van der Waals surface area contributed by atoms with E-state index in [0.717, 1.165) is 33.4 Å². The molecule has 0 aliphatic carbocycles. The number of hydrogen-bond acceptors (Lipinski definition) is 3. The largest absolute Gasteiger partial charge is 0.326 e. The van der Waals surface area contributed by atoms with Gasteiger partial charge >= 0.3 is 0 Å². The van der Waals surface area contributed by atoms with E-state index in [1.54, 1.807) is 6.33 Å². The van der Waals surface area contributed by atoms with Gasteiger partial charge in [0.1, 0.15) is 6.33 Å². The third kappa shape index (κ3) is 2.74. The molecule has 3 aromatic rings. The number of nitrogens with zero attached hydrogens (tertiary/aromatic N) is 2. The Bertz CT molecular complexity index is 827. The van der Waals surface area contributed by atoms with Gasteiger partial charge in [-0.1, -0.05) is 23.8 Å². The Labute approximate surface area is 122 Å². The van der Waals surface area contributed by atoms with Gasteiger partial charge in [0.05, 0.1) is 11.2 Å². The zero-order valence-corrected chi connectivity index (χ0v) is 11.9. The highest BCUT2D eigenvalue weighted by Gasteiger charge is 2.07. The van der Waals surface area contributed by atoms with Crippen LogP contribution in [0.25, 0.3) is 22.2 Å². The van der Waals surface area contributed by atoms with Crippen molar-refractivity contribution in [2.45, 2.75) is 13.8 Å². The monoisotopic (exact) mass is 277 g/mol. The maximum atomic E-state index is 11.2. The zero-order valence-electron chi connectivity index (χ0n) is 11.9. The van der Waals surface area contributed by atoms with Gasteiger partial charge in [-0.2, -0.15) is 0 Å². The van der Waals surface area contributed by atoms with Gasteiger partial charge in [0.2, 0.25) is 5.91 Å². The first-order chi connectivity index (χ1) is 10.1. The van der Waals surface area contributed by atoms with Crippen LogP contribution in [-0.2, 0) is 4.79 Å². The molecule has 1 amide bonds. The van der Waals surface area contributed by atoms with E-state index in [4.69, 9.17) is 0 Å². The highest BCUT2D eigenvalue weighted by atomic mass is 16.1. The van der Waals surface area contributed by atoms with E-state index in [0.29, 0.717) is 0 Å². The molecule has 0 unspecified atom stereocenters. The van der Waals surface area contributed by atoms with Gasteiger partial charge in [-0.25, -0.2) is 9.97 Å². The predicted molar refractivity (Wildman–Crippen MR) is 84.0 cm³/mol. The SMILES string of the molecule is CC(=O)Nc1cccc(-c2ncnc3ccc(C)cc23)c1. The molecule has 3 rings (SSSR count). The van der Waals surface area contributed by atoms with Crippen LogP contribution in [0.15, 0.2) is 48.8 Å². The van der Waals surface area contributed by atoms with Crippen LogP contribution >= 0.6 is 0 Å². The Morgan fingerprint density at radius 3 is 2.76 bits per heavy atom. The third-order valence-corrected chi connectivity index (χ3v) is 3.25. The predicted octanol–water partition coefficient (Wildman–Crippen LogP) is 3.56. The van der Waals surface area contributed by atoms with Gasteiger partial charge in [0.15, 0.2) is 0 Å². The quantitative estimate of drug-likeness (QED) is 0.779. The first-order valence-corrected chi connectivity index (χ1v) is 6.73. The molecule has 0 saturated heterocycles. The summed E-state index contributed by atoms with van der Waals surface area (Å²) in [6.45, 7) is 3.54. The fourth-order valence-electron chi connectivity index (χ4n) is 2.35. The Hall–Kier alpha value is -2.75. The van der Waals surface area contributed by atoms with E-state index in [1.807, 2.05) is 43.3 Å². The van der Waals surface area contributed by atoms with Crippen LogP contribution in [0, 0.1) is 6.92 Å². The van der Waals surface area contributed by atoms with Gasteiger partial charge in [-0.3, -0.25) is 4.79 Å². The number of amides is 1. The maximum Gasteiger partial charge on any atom is 0.221 e. The Balaban J connectivity index is 2.16. The number of rotatable bonds is 2. The molecule has 1 N–H and O–H groups in total. The minimum absolute atomic E-state index is 0.0875. The number of anilines is 1. The molecule has 1 aromatic heterocycles. The minimum atomic E-state index is -0.0875. The fraction of sp³-hybridized carbons (Fsp3) is 0.118. The molecule has 4 heteroatoms. The van der Waals surface area contributed by atoms with E-state index >= 15 is 0 Å². The van der Waals surface area contributed by atoms with E-state index in [1.165, 1.54) is 6.92 Å². The first kappa shape index (κ1) is 13.2. The standard InChI is InChI=1S/C17H15N3O/c1-11-6-7-16-15(8-11)17(19-10-18-16)13-4-3-5-14(9-13)20-12(2)21/h3-10H,1-2H3,(H,20,21). The molecule has 4 nitrogen and oxygen atoms in total. The molecule has 104 valence electrons. The lowest BCUT2D eigenvalue weighted by atomic mass is 10.0. The second-order valence-corrected chi connectivity index (χ2v) is 5.00. The Kier molecular flexibility index (Phi) is 3.36. The lowest BCUT2D eigenvalue weighted by Gasteiger charge is -2.08. The summed E-state index contributed by atoms with van der Waals surface area (Å²) in [5.74, 6) is -0.0875. The summed E-state index contributed by atoms with van der Waals surface area (Å²) >= 11 is 0. The third-order valence-electron chi connectivity index (χ3n) is 3.25. The summed E-state index contributed by atoms with van der Waals surface area (Å²) < 4.78 is 0. The first-order valence-electron chi connectivity index (χ1n) is 6.73. The van der Waals surface area contributed by atoms with Crippen LogP contribution in [-0.4, -0.2) is 15.9 Å². The Morgan fingerprint density at radius 1 is 1.10 bits per heavy atom. The van der Waals surface area contributed by atoms with Crippen LogP contribution in [0.2, 0.25) is 0 Å². The normalized spacial score (nSPS) is 10.6. The number of carbonyl (C=O) groups excluding carboxylic acids is 1. The number of carbonyl (C=O) groups is 1. The lowest BCUT2D eigenvalue weighted by molar-refractivity contribution is -0.114. The average Bonchev–Trinajstić information content (AvgIpc) is 2.46.